The Morgan fingerprint density at radius 3 is 3.00 bits per heavy atom. The van der Waals surface area contributed by atoms with E-state index in [0.717, 1.165) is 10.9 Å². The number of esters is 1. The number of carbonyl (C=O) groups excluding carboxylic acids is 1. The number of ether oxygens (including phenoxy) is 2. The Morgan fingerprint density at radius 1 is 1.39 bits per heavy atom. The predicted octanol–water partition coefficient (Wildman–Crippen LogP) is 1.11. The van der Waals surface area contributed by atoms with Gasteiger partial charge in [-0.05, 0) is 24.3 Å². The third-order valence-corrected chi connectivity index (χ3v) is 2.53. The fourth-order valence-corrected chi connectivity index (χ4v) is 1.60. The second kappa shape index (κ2) is 5.46. The Morgan fingerprint density at radius 2 is 2.22 bits per heavy atom. The third kappa shape index (κ3) is 2.57. The van der Waals surface area contributed by atoms with Crippen LogP contribution < -0.4 is 10.5 Å². The molecule has 1 unspecified atom stereocenters. The molecule has 0 saturated carbocycles. The van der Waals surface area contributed by atoms with Gasteiger partial charge in [0.1, 0.15) is 18.4 Å². The number of hydrogen-bond acceptors (Lipinski definition) is 5. The van der Waals surface area contributed by atoms with Crippen molar-refractivity contribution in [3.63, 3.8) is 0 Å². The molecule has 1 aromatic heterocycles. The van der Waals surface area contributed by atoms with Gasteiger partial charge >= 0.3 is 5.97 Å². The zero-order valence-electron chi connectivity index (χ0n) is 10.00. The summed E-state index contributed by atoms with van der Waals surface area (Å²) in [5, 5.41) is 0.886. The molecule has 94 valence electrons. The minimum absolute atomic E-state index is 0.0701. The molecule has 0 saturated heterocycles. The van der Waals surface area contributed by atoms with Gasteiger partial charge in [-0.2, -0.15) is 0 Å². The van der Waals surface area contributed by atoms with Crippen LogP contribution in [0.3, 0.4) is 0 Å². The number of benzene rings is 1. The van der Waals surface area contributed by atoms with Gasteiger partial charge < -0.3 is 15.2 Å². The van der Waals surface area contributed by atoms with Crippen molar-refractivity contribution < 1.29 is 14.3 Å². The number of nitrogens with zero attached hydrogens (tertiary/aromatic N) is 1. The van der Waals surface area contributed by atoms with E-state index in [1.807, 2.05) is 30.3 Å². The average Bonchev–Trinajstić information content (AvgIpc) is 2.43. The van der Waals surface area contributed by atoms with Crippen LogP contribution >= 0.6 is 0 Å². The van der Waals surface area contributed by atoms with Gasteiger partial charge in [0.15, 0.2) is 0 Å². The maximum atomic E-state index is 11.2. The maximum absolute atomic E-state index is 11.2. The molecule has 2 N–H and O–H groups in total. The second-order valence-electron chi connectivity index (χ2n) is 3.77. The van der Waals surface area contributed by atoms with Gasteiger partial charge in [0.05, 0.1) is 12.6 Å². The number of carbonyl (C=O) groups is 1. The molecule has 5 nitrogen and oxygen atoms in total. The van der Waals surface area contributed by atoms with Crippen LogP contribution in [0.1, 0.15) is 0 Å². The van der Waals surface area contributed by atoms with E-state index in [1.54, 1.807) is 6.20 Å². The van der Waals surface area contributed by atoms with Gasteiger partial charge in [-0.25, -0.2) is 0 Å². The number of pyridine rings is 1. The lowest BCUT2D eigenvalue weighted by Crippen LogP contribution is -2.37. The smallest absolute Gasteiger partial charge is 0.326 e. The highest BCUT2D eigenvalue weighted by Crippen LogP contribution is 2.23. The highest BCUT2D eigenvalue weighted by atomic mass is 16.5. The van der Waals surface area contributed by atoms with E-state index in [1.165, 1.54) is 7.11 Å². The van der Waals surface area contributed by atoms with Crippen molar-refractivity contribution in [1.82, 2.24) is 4.98 Å². The molecule has 18 heavy (non-hydrogen) atoms. The number of nitrogens with two attached hydrogens (primary N) is 1. The van der Waals surface area contributed by atoms with Crippen molar-refractivity contribution in [2.24, 2.45) is 5.73 Å². The quantitative estimate of drug-likeness (QED) is 0.818. The van der Waals surface area contributed by atoms with E-state index < -0.39 is 12.0 Å². The fourth-order valence-electron chi connectivity index (χ4n) is 1.60. The first-order valence-corrected chi connectivity index (χ1v) is 5.52. The minimum atomic E-state index is -0.790. The largest absolute Gasteiger partial charge is 0.491 e. The minimum Gasteiger partial charge on any atom is -0.491 e. The standard InChI is InChI=1S/C13H14N2O3/c1-17-13(16)10(14)8-18-12-6-2-5-11-9(12)4-3-7-15-11/h2-7,10H,8,14H2,1H3. The average molecular weight is 246 g/mol. The van der Waals surface area contributed by atoms with E-state index in [-0.39, 0.29) is 6.61 Å². The first kappa shape index (κ1) is 12.3. The molecule has 0 aliphatic carbocycles. The molecular weight excluding hydrogens is 232 g/mol. The lowest BCUT2D eigenvalue weighted by molar-refractivity contribution is -0.142. The topological polar surface area (TPSA) is 74.4 Å². The molecule has 0 spiro atoms. The first-order valence-electron chi connectivity index (χ1n) is 5.52. The van der Waals surface area contributed by atoms with Gasteiger partial charge in [-0.15, -0.1) is 0 Å². The van der Waals surface area contributed by atoms with Crippen LogP contribution in [0.25, 0.3) is 10.9 Å². The van der Waals surface area contributed by atoms with Gasteiger partial charge in [-0.3, -0.25) is 9.78 Å². The lowest BCUT2D eigenvalue weighted by atomic mass is 10.2. The number of fused-ring (bicyclic) bond motifs is 1. The summed E-state index contributed by atoms with van der Waals surface area (Å²) in [6, 6.07) is 8.49. The summed E-state index contributed by atoms with van der Waals surface area (Å²) < 4.78 is 10.1. The van der Waals surface area contributed by atoms with Crippen molar-refractivity contribution in [3.05, 3.63) is 36.5 Å². The number of rotatable bonds is 4. The van der Waals surface area contributed by atoms with Gasteiger partial charge in [0, 0.05) is 11.6 Å². The summed E-state index contributed by atoms with van der Waals surface area (Å²) in [5.74, 6) is 0.160. The molecule has 1 aromatic carbocycles. The number of aromatic nitrogens is 1. The highest BCUT2D eigenvalue weighted by Gasteiger charge is 2.14. The van der Waals surface area contributed by atoms with E-state index >= 15 is 0 Å². The van der Waals surface area contributed by atoms with Gasteiger partial charge in [0.2, 0.25) is 0 Å². The molecule has 0 radical (unpaired) electrons. The summed E-state index contributed by atoms with van der Waals surface area (Å²) in [4.78, 5) is 15.4. The summed E-state index contributed by atoms with van der Waals surface area (Å²) >= 11 is 0. The molecule has 5 heteroatoms. The Kier molecular flexibility index (Phi) is 3.74. The fraction of sp³-hybridized carbons (Fsp3) is 0.231. The zero-order valence-corrected chi connectivity index (χ0v) is 10.00. The maximum Gasteiger partial charge on any atom is 0.326 e. The summed E-state index contributed by atoms with van der Waals surface area (Å²) in [6.45, 7) is 0.0701. The van der Waals surface area contributed by atoms with Gasteiger partial charge in [-0.1, -0.05) is 6.07 Å². The van der Waals surface area contributed by atoms with Crippen molar-refractivity contribution in [1.29, 1.82) is 0 Å². The van der Waals surface area contributed by atoms with Crippen LogP contribution in [-0.4, -0.2) is 30.7 Å². The van der Waals surface area contributed by atoms with Crippen LogP contribution in [-0.2, 0) is 9.53 Å². The van der Waals surface area contributed by atoms with Crippen LogP contribution in [0.15, 0.2) is 36.5 Å². The molecule has 1 heterocycles. The van der Waals surface area contributed by atoms with Gasteiger partial charge in [0.25, 0.3) is 0 Å². The molecule has 2 aromatic rings. The predicted molar refractivity (Wildman–Crippen MR) is 67.2 cm³/mol. The zero-order chi connectivity index (χ0) is 13.0. The molecule has 0 aliphatic heterocycles. The Bertz CT molecular complexity index is 551. The number of hydrogen-bond donors (Lipinski definition) is 1. The van der Waals surface area contributed by atoms with E-state index in [2.05, 4.69) is 9.72 Å². The van der Waals surface area contributed by atoms with Crippen molar-refractivity contribution in [2.45, 2.75) is 6.04 Å². The van der Waals surface area contributed by atoms with Crippen molar-refractivity contribution >= 4 is 16.9 Å². The molecule has 1 atom stereocenters. The first-order chi connectivity index (χ1) is 8.72. The van der Waals surface area contributed by atoms with Crippen LogP contribution in [0.4, 0.5) is 0 Å². The Hall–Kier alpha value is -2.14. The van der Waals surface area contributed by atoms with E-state index in [9.17, 15) is 4.79 Å². The molecular formula is C13H14N2O3. The second-order valence-corrected chi connectivity index (χ2v) is 3.77. The molecule has 0 aliphatic rings. The van der Waals surface area contributed by atoms with Crippen molar-refractivity contribution in [3.8, 4) is 5.75 Å². The summed E-state index contributed by atoms with van der Waals surface area (Å²) in [5.41, 5.74) is 6.44. The van der Waals surface area contributed by atoms with Crippen LogP contribution in [0, 0.1) is 0 Å². The van der Waals surface area contributed by atoms with Crippen molar-refractivity contribution in [2.75, 3.05) is 13.7 Å². The molecule has 0 amide bonds. The van der Waals surface area contributed by atoms with E-state index in [4.69, 9.17) is 10.5 Å². The van der Waals surface area contributed by atoms with Crippen LogP contribution in [0.2, 0.25) is 0 Å². The summed E-state index contributed by atoms with van der Waals surface area (Å²) in [6.07, 6.45) is 1.71. The number of methoxy groups -OCH3 is 1. The lowest BCUT2D eigenvalue weighted by Gasteiger charge is -2.12. The van der Waals surface area contributed by atoms with Crippen LogP contribution in [0.5, 0.6) is 5.75 Å². The SMILES string of the molecule is COC(=O)C(N)COc1cccc2ncccc12. The normalized spacial score (nSPS) is 12.1. The monoisotopic (exact) mass is 246 g/mol. The third-order valence-electron chi connectivity index (χ3n) is 2.53. The molecule has 2 rings (SSSR count). The summed E-state index contributed by atoms with van der Waals surface area (Å²) in [7, 11) is 1.30. The van der Waals surface area contributed by atoms with E-state index in [0.29, 0.717) is 5.75 Å². The molecule has 0 fully saturated rings. The Labute approximate surface area is 105 Å². The highest BCUT2D eigenvalue weighted by molar-refractivity contribution is 5.84. The molecule has 0 bridgehead atoms. The Balaban J connectivity index is 2.15.